The number of benzene rings is 1. The first-order valence-corrected chi connectivity index (χ1v) is 8.96. The summed E-state index contributed by atoms with van der Waals surface area (Å²) in [6, 6.07) is 7.86. The summed E-state index contributed by atoms with van der Waals surface area (Å²) < 4.78 is 10.9. The lowest BCUT2D eigenvalue weighted by molar-refractivity contribution is -0.122. The summed E-state index contributed by atoms with van der Waals surface area (Å²) in [4.78, 5) is 14.4. The maximum Gasteiger partial charge on any atom is 0.234 e. The summed E-state index contributed by atoms with van der Waals surface area (Å²) in [5.41, 5.74) is 1.00. The maximum absolute atomic E-state index is 12.3. The number of hydrogen-bond acceptors (Lipinski definition) is 5. The Labute approximate surface area is 149 Å². The molecular formula is C19H28N2O4. The number of likely N-dealkylation sites (tertiary alicyclic amines) is 1. The standard InChI is InChI=1S/C19H28N2O4/c1-24-17-5-3-2-4-15(17)6-8-20-18(23)11-21-10-16-12-25-9-7-19(16,13-21)14-22/h2-5,16,22H,6-14H2,1H3,(H,20,23)/t16-,19-/m1/s1. The van der Waals surface area contributed by atoms with E-state index in [0.717, 1.165) is 37.2 Å². The van der Waals surface area contributed by atoms with E-state index >= 15 is 0 Å². The van der Waals surface area contributed by atoms with E-state index in [2.05, 4.69) is 10.2 Å². The highest BCUT2D eigenvalue weighted by Gasteiger charge is 2.48. The number of methoxy groups -OCH3 is 1. The van der Waals surface area contributed by atoms with E-state index in [1.54, 1.807) is 7.11 Å². The first-order chi connectivity index (χ1) is 12.2. The van der Waals surface area contributed by atoms with Crippen molar-refractivity contribution in [1.29, 1.82) is 0 Å². The van der Waals surface area contributed by atoms with Gasteiger partial charge >= 0.3 is 0 Å². The van der Waals surface area contributed by atoms with Crippen molar-refractivity contribution < 1.29 is 19.4 Å². The zero-order valence-corrected chi connectivity index (χ0v) is 14.9. The molecule has 1 aromatic rings. The number of fused-ring (bicyclic) bond motifs is 1. The number of nitrogens with zero attached hydrogens (tertiary/aromatic N) is 1. The molecule has 6 heteroatoms. The first-order valence-electron chi connectivity index (χ1n) is 8.96. The average Bonchev–Trinajstić information content (AvgIpc) is 3.00. The molecule has 0 aromatic heterocycles. The Hall–Kier alpha value is -1.63. The van der Waals surface area contributed by atoms with Crippen LogP contribution in [-0.4, -0.2) is 69.0 Å². The van der Waals surface area contributed by atoms with Gasteiger partial charge in [-0.2, -0.15) is 0 Å². The Bertz CT molecular complexity index is 595. The van der Waals surface area contributed by atoms with Gasteiger partial charge in [-0.05, 0) is 24.5 Å². The Morgan fingerprint density at radius 3 is 3.08 bits per heavy atom. The number of aliphatic hydroxyl groups excluding tert-OH is 1. The molecule has 1 amide bonds. The van der Waals surface area contributed by atoms with Gasteiger partial charge in [-0.3, -0.25) is 9.69 Å². The molecule has 0 bridgehead atoms. The lowest BCUT2D eigenvalue weighted by Crippen LogP contribution is -2.42. The maximum atomic E-state index is 12.3. The van der Waals surface area contributed by atoms with Gasteiger partial charge in [0.1, 0.15) is 5.75 Å². The van der Waals surface area contributed by atoms with Gasteiger partial charge in [0.05, 0.1) is 26.9 Å². The number of amides is 1. The number of carbonyl (C=O) groups is 1. The topological polar surface area (TPSA) is 71.0 Å². The number of nitrogens with one attached hydrogen (secondary N) is 1. The van der Waals surface area contributed by atoms with Crippen LogP contribution in [0.4, 0.5) is 0 Å². The predicted molar refractivity (Wildman–Crippen MR) is 94.6 cm³/mol. The molecule has 6 nitrogen and oxygen atoms in total. The second-order valence-electron chi connectivity index (χ2n) is 7.12. The molecule has 0 saturated carbocycles. The van der Waals surface area contributed by atoms with Crippen molar-refractivity contribution in [1.82, 2.24) is 10.2 Å². The van der Waals surface area contributed by atoms with E-state index in [4.69, 9.17) is 9.47 Å². The smallest absolute Gasteiger partial charge is 0.234 e. The Morgan fingerprint density at radius 1 is 1.48 bits per heavy atom. The molecule has 2 saturated heterocycles. The van der Waals surface area contributed by atoms with E-state index in [1.165, 1.54) is 0 Å². The van der Waals surface area contributed by atoms with Crippen LogP contribution >= 0.6 is 0 Å². The monoisotopic (exact) mass is 348 g/mol. The molecule has 1 aromatic carbocycles. The Balaban J connectivity index is 1.45. The van der Waals surface area contributed by atoms with E-state index < -0.39 is 0 Å². The third-order valence-corrected chi connectivity index (χ3v) is 5.54. The van der Waals surface area contributed by atoms with Crippen molar-refractivity contribution in [2.24, 2.45) is 11.3 Å². The molecule has 25 heavy (non-hydrogen) atoms. The SMILES string of the molecule is COc1ccccc1CCNC(=O)CN1C[C@@H]2COCC[C@]2(CO)C1. The predicted octanol–water partition coefficient (Wildman–Crippen LogP) is 0.685. The molecule has 2 aliphatic rings. The van der Waals surface area contributed by atoms with Crippen molar-refractivity contribution in [3.8, 4) is 5.75 Å². The quantitative estimate of drug-likeness (QED) is 0.758. The van der Waals surface area contributed by atoms with Crippen molar-refractivity contribution in [2.45, 2.75) is 12.8 Å². The first kappa shape index (κ1) is 18.2. The molecule has 2 aliphatic heterocycles. The van der Waals surface area contributed by atoms with Crippen LogP contribution in [0.2, 0.25) is 0 Å². The third-order valence-electron chi connectivity index (χ3n) is 5.54. The molecule has 2 N–H and O–H groups in total. The van der Waals surface area contributed by atoms with Crippen LogP contribution in [0.25, 0.3) is 0 Å². The second-order valence-corrected chi connectivity index (χ2v) is 7.12. The van der Waals surface area contributed by atoms with Gasteiger partial charge in [0.15, 0.2) is 0 Å². The van der Waals surface area contributed by atoms with Crippen molar-refractivity contribution in [3.05, 3.63) is 29.8 Å². The highest BCUT2D eigenvalue weighted by Crippen LogP contribution is 2.41. The fourth-order valence-electron chi connectivity index (χ4n) is 4.04. The fourth-order valence-corrected chi connectivity index (χ4v) is 4.04. The molecule has 2 heterocycles. The van der Waals surface area contributed by atoms with E-state index in [1.807, 2.05) is 24.3 Å². The van der Waals surface area contributed by atoms with Gasteiger partial charge in [0, 0.05) is 37.6 Å². The summed E-state index contributed by atoms with van der Waals surface area (Å²) in [5.74, 6) is 1.21. The van der Waals surface area contributed by atoms with Crippen LogP contribution in [0.1, 0.15) is 12.0 Å². The molecule has 0 unspecified atom stereocenters. The summed E-state index contributed by atoms with van der Waals surface area (Å²) in [6.45, 7) is 4.13. The number of para-hydroxylation sites is 1. The number of rotatable bonds is 7. The van der Waals surface area contributed by atoms with Crippen LogP contribution in [0.5, 0.6) is 5.75 Å². The van der Waals surface area contributed by atoms with E-state index in [0.29, 0.717) is 32.2 Å². The van der Waals surface area contributed by atoms with Gasteiger partial charge in [0.2, 0.25) is 5.91 Å². The number of hydrogen-bond donors (Lipinski definition) is 2. The zero-order chi connectivity index (χ0) is 17.7. The van der Waals surface area contributed by atoms with Gasteiger partial charge < -0.3 is 19.9 Å². The second kappa shape index (κ2) is 8.17. The van der Waals surface area contributed by atoms with Gasteiger partial charge in [-0.15, -0.1) is 0 Å². The lowest BCUT2D eigenvalue weighted by atomic mass is 9.75. The lowest BCUT2D eigenvalue weighted by Gasteiger charge is -2.36. The summed E-state index contributed by atoms with van der Waals surface area (Å²) in [7, 11) is 1.66. The number of carbonyl (C=O) groups excluding carboxylic acids is 1. The van der Waals surface area contributed by atoms with Crippen LogP contribution in [-0.2, 0) is 16.0 Å². The highest BCUT2D eigenvalue weighted by molar-refractivity contribution is 5.78. The Morgan fingerprint density at radius 2 is 2.32 bits per heavy atom. The highest BCUT2D eigenvalue weighted by atomic mass is 16.5. The van der Waals surface area contributed by atoms with Crippen molar-refractivity contribution in [3.63, 3.8) is 0 Å². The minimum absolute atomic E-state index is 0.0301. The summed E-state index contributed by atoms with van der Waals surface area (Å²) in [6.07, 6.45) is 1.62. The molecule has 0 spiro atoms. The number of aliphatic hydroxyl groups is 1. The third kappa shape index (κ3) is 4.14. The van der Waals surface area contributed by atoms with Crippen LogP contribution in [0.3, 0.4) is 0 Å². The average molecular weight is 348 g/mol. The summed E-state index contributed by atoms with van der Waals surface area (Å²) in [5, 5.41) is 12.8. The number of ether oxygens (including phenoxy) is 2. The normalized spacial score (nSPS) is 26.2. The minimum Gasteiger partial charge on any atom is -0.496 e. The fraction of sp³-hybridized carbons (Fsp3) is 0.632. The molecule has 0 aliphatic carbocycles. The van der Waals surface area contributed by atoms with Gasteiger partial charge in [-0.1, -0.05) is 18.2 Å². The van der Waals surface area contributed by atoms with Gasteiger partial charge in [-0.25, -0.2) is 0 Å². The van der Waals surface area contributed by atoms with Crippen LogP contribution < -0.4 is 10.1 Å². The van der Waals surface area contributed by atoms with E-state index in [9.17, 15) is 9.90 Å². The molecule has 2 fully saturated rings. The summed E-state index contributed by atoms with van der Waals surface area (Å²) >= 11 is 0. The molecule has 3 rings (SSSR count). The molecule has 2 atom stereocenters. The Kier molecular flexibility index (Phi) is 5.93. The van der Waals surface area contributed by atoms with E-state index in [-0.39, 0.29) is 17.9 Å². The zero-order valence-electron chi connectivity index (χ0n) is 14.9. The minimum atomic E-state index is -0.0874. The van der Waals surface area contributed by atoms with Crippen molar-refractivity contribution >= 4 is 5.91 Å². The van der Waals surface area contributed by atoms with Crippen molar-refractivity contribution in [2.75, 3.05) is 53.1 Å². The molecule has 138 valence electrons. The van der Waals surface area contributed by atoms with Crippen LogP contribution in [0, 0.1) is 11.3 Å². The largest absolute Gasteiger partial charge is 0.496 e. The molecular weight excluding hydrogens is 320 g/mol. The van der Waals surface area contributed by atoms with Gasteiger partial charge in [0.25, 0.3) is 0 Å². The van der Waals surface area contributed by atoms with Crippen LogP contribution in [0.15, 0.2) is 24.3 Å². The molecule has 0 radical (unpaired) electrons.